The molecule has 1 aliphatic rings. The van der Waals surface area contributed by atoms with E-state index < -0.39 is 11.4 Å². The Morgan fingerprint density at radius 2 is 1.68 bits per heavy atom. The van der Waals surface area contributed by atoms with Gasteiger partial charge in [-0.05, 0) is 32.6 Å². The number of hydrogen-bond acceptors (Lipinski definition) is 2. The van der Waals surface area contributed by atoms with E-state index in [4.69, 9.17) is 0 Å². The Balaban J connectivity index is 2.65. The van der Waals surface area contributed by atoms with Crippen molar-refractivity contribution in [3.8, 4) is 0 Å². The molecule has 1 amide bonds. The highest BCUT2D eigenvalue weighted by atomic mass is 16.4. The summed E-state index contributed by atoms with van der Waals surface area (Å²) >= 11 is 0. The van der Waals surface area contributed by atoms with Gasteiger partial charge in [0.15, 0.2) is 0 Å². The molecule has 0 saturated heterocycles. The van der Waals surface area contributed by atoms with Crippen LogP contribution in [0.5, 0.6) is 0 Å². The Hall–Kier alpha value is -1.06. The van der Waals surface area contributed by atoms with Gasteiger partial charge in [0, 0.05) is 12.0 Å². The summed E-state index contributed by atoms with van der Waals surface area (Å²) in [7, 11) is 0. The molecule has 0 spiro atoms. The van der Waals surface area contributed by atoms with Crippen LogP contribution in [-0.4, -0.2) is 22.5 Å². The van der Waals surface area contributed by atoms with Crippen molar-refractivity contribution in [2.75, 3.05) is 0 Å². The van der Waals surface area contributed by atoms with Crippen LogP contribution in [0.2, 0.25) is 0 Å². The maximum absolute atomic E-state index is 12.2. The van der Waals surface area contributed by atoms with Crippen LogP contribution in [-0.2, 0) is 9.59 Å². The van der Waals surface area contributed by atoms with Gasteiger partial charge in [-0.3, -0.25) is 9.59 Å². The van der Waals surface area contributed by atoms with Crippen LogP contribution in [0.3, 0.4) is 0 Å². The molecule has 0 aliphatic heterocycles. The highest BCUT2D eigenvalue weighted by molar-refractivity contribution is 5.85. The molecule has 0 aromatic rings. The Bertz CT molecular complexity index is 328. The lowest BCUT2D eigenvalue weighted by Crippen LogP contribution is -2.49. The van der Waals surface area contributed by atoms with Crippen LogP contribution < -0.4 is 5.32 Å². The highest BCUT2D eigenvalue weighted by Crippen LogP contribution is 2.32. The first kappa shape index (κ1) is 16.0. The second-order valence-corrected chi connectivity index (χ2v) is 6.14. The number of aliphatic carboxylic acids is 1. The Kier molecular flexibility index (Phi) is 5.39. The molecular weight excluding hydrogens is 242 g/mol. The molecule has 1 rings (SSSR count). The van der Waals surface area contributed by atoms with Crippen LogP contribution >= 0.6 is 0 Å². The van der Waals surface area contributed by atoms with Gasteiger partial charge >= 0.3 is 5.97 Å². The van der Waals surface area contributed by atoms with Crippen molar-refractivity contribution in [1.29, 1.82) is 0 Å². The van der Waals surface area contributed by atoms with E-state index in [1.54, 1.807) is 0 Å². The number of amides is 1. The minimum absolute atomic E-state index is 0.0882. The molecule has 1 fully saturated rings. The molecular formula is C15H27NO3. The van der Waals surface area contributed by atoms with E-state index in [0.29, 0.717) is 12.8 Å². The summed E-state index contributed by atoms with van der Waals surface area (Å²) in [6.45, 7) is 5.75. The van der Waals surface area contributed by atoms with Crippen molar-refractivity contribution in [2.45, 2.75) is 77.7 Å². The molecule has 0 atom stereocenters. The van der Waals surface area contributed by atoms with Gasteiger partial charge in [0.25, 0.3) is 0 Å². The fraction of sp³-hybridized carbons (Fsp3) is 0.867. The van der Waals surface area contributed by atoms with E-state index in [-0.39, 0.29) is 17.9 Å². The van der Waals surface area contributed by atoms with Gasteiger partial charge < -0.3 is 10.4 Å². The third-order valence-corrected chi connectivity index (χ3v) is 4.70. The predicted molar refractivity (Wildman–Crippen MR) is 74.9 cm³/mol. The molecule has 0 heterocycles. The topological polar surface area (TPSA) is 66.4 Å². The summed E-state index contributed by atoms with van der Waals surface area (Å²) in [6.07, 6.45) is 6.57. The van der Waals surface area contributed by atoms with Gasteiger partial charge in [0.05, 0.1) is 5.41 Å². The molecule has 1 aliphatic carbocycles. The van der Waals surface area contributed by atoms with Crippen LogP contribution in [0.1, 0.15) is 72.1 Å². The van der Waals surface area contributed by atoms with E-state index in [1.807, 2.05) is 13.8 Å². The van der Waals surface area contributed by atoms with Crippen molar-refractivity contribution in [1.82, 2.24) is 5.32 Å². The molecule has 0 unspecified atom stereocenters. The number of hydrogen-bond donors (Lipinski definition) is 2. The van der Waals surface area contributed by atoms with Crippen molar-refractivity contribution in [2.24, 2.45) is 5.41 Å². The third-order valence-electron chi connectivity index (χ3n) is 4.70. The average Bonchev–Trinajstić information content (AvgIpc) is 2.36. The zero-order chi connectivity index (χ0) is 14.5. The standard InChI is InChI=1S/C15H27NO3/c1-4-15(5-2,13(18)19)11-12(17)16-14(3)9-7-6-8-10-14/h4-11H2,1-3H3,(H,16,17)(H,18,19). The fourth-order valence-electron chi connectivity index (χ4n) is 3.02. The molecule has 4 heteroatoms. The fourth-order valence-corrected chi connectivity index (χ4v) is 3.02. The van der Waals surface area contributed by atoms with E-state index in [2.05, 4.69) is 12.2 Å². The van der Waals surface area contributed by atoms with Gasteiger partial charge in [0.2, 0.25) is 5.91 Å². The minimum Gasteiger partial charge on any atom is -0.481 e. The second kappa shape index (κ2) is 6.40. The first-order valence-corrected chi connectivity index (χ1v) is 7.42. The van der Waals surface area contributed by atoms with E-state index >= 15 is 0 Å². The van der Waals surface area contributed by atoms with Gasteiger partial charge in [-0.15, -0.1) is 0 Å². The molecule has 4 nitrogen and oxygen atoms in total. The van der Waals surface area contributed by atoms with Crippen LogP contribution in [0.4, 0.5) is 0 Å². The average molecular weight is 269 g/mol. The minimum atomic E-state index is -0.908. The maximum atomic E-state index is 12.2. The monoisotopic (exact) mass is 269 g/mol. The smallest absolute Gasteiger partial charge is 0.310 e. The van der Waals surface area contributed by atoms with E-state index in [9.17, 15) is 14.7 Å². The number of carboxylic acids is 1. The molecule has 0 aromatic heterocycles. The molecule has 0 bridgehead atoms. The molecule has 1 saturated carbocycles. The number of carboxylic acid groups (broad SMARTS) is 1. The summed E-state index contributed by atoms with van der Waals surface area (Å²) in [5.74, 6) is -0.975. The van der Waals surface area contributed by atoms with Crippen molar-refractivity contribution < 1.29 is 14.7 Å². The Morgan fingerprint density at radius 1 is 1.16 bits per heavy atom. The first-order valence-electron chi connectivity index (χ1n) is 7.42. The lowest BCUT2D eigenvalue weighted by atomic mass is 9.78. The zero-order valence-corrected chi connectivity index (χ0v) is 12.4. The third kappa shape index (κ3) is 3.95. The second-order valence-electron chi connectivity index (χ2n) is 6.14. The molecule has 0 radical (unpaired) electrons. The van der Waals surface area contributed by atoms with Crippen LogP contribution in [0, 0.1) is 5.41 Å². The van der Waals surface area contributed by atoms with Crippen LogP contribution in [0.15, 0.2) is 0 Å². The Labute approximate surface area is 116 Å². The van der Waals surface area contributed by atoms with Gasteiger partial charge in [-0.1, -0.05) is 33.1 Å². The molecule has 2 N–H and O–H groups in total. The summed E-state index contributed by atoms with van der Waals surface area (Å²) in [5, 5.41) is 12.4. The quantitative estimate of drug-likeness (QED) is 0.778. The van der Waals surface area contributed by atoms with Crippen LogP contribution in [0.25, 0.3) is 0 Å². The van der Waals surface area contributed by atoms with Crippen molar-refractivity contribution in [3.63, 3.8) is 0 Å². The summed E-state index contributed by atoms with van der Waals surface area (Å²) in [6, 6.07) is 0. The largest absolute Gasteiger partial charge is 0.481 e. The lowest BCUT2D eigenvalue weighted by molar-refractivity contribution is -0.152. The predicted octanol–water partition coefficient (Wildman–Crippen LogP) is 3.11. The number of rotatable bonds is 6. The molecule has 0 aromatic carbocycles. The van der Waals surface area contributed by atoms with Crippen molar-refractivity contribution in [3.05, 3.63) is 0 Å². The van der Waals surface area contributed by atoms with E-state index in [1.165, 1.54) is 6.42 Å². The first-order chi connectivity index (χ1) is 8.87. The molecule has 19 heavy (non-hydrogen) atoms. The summed E-state index contributed by atoms with van der Waals surface area (Å²) in [4.78, 5) is 23.6. The van der Waals surface area contributed by atoms with Gasteiger partial charge in [-0.2, -0.15) is 0 Å². The zero-order valence-electron chi connectivity index (χ0n) is 12.4. The Morgan fingerprint density at radius 3 is 2.11 bits per heavy atom. The maximum Gasteiger partial charge on any atom is 0.310 e. The SMILES string of the molecule is CCC(CC)(CC(=O)NC1(C)CCCCC1)C(=O)O. The lowest BCUT2D eigenvalue weighted by Gasteiger charge is -2.36. The number of carbonyl (C=O) groups excluding carboxylic acids is 1. The normalized spacial score (nSPS) is 18.9. The summed E-state index contributed by atoms with van der Waals surface area (Å²) in [5.41, 5.74) is -1.05. The molecule has 110 valence electrons. The number of nitrogens with one attached hydrogen (secondary N) is 1. The van der Waals surface area contributed by atoms with E-state index in [0.717, 1.165) is 25.7 Å². The van der Waals surface area contributed by atoms with Crippen molar-refractivity contribution >= 4 is 11.9 Å². The highest BCUT2D eigenvalue weighted by Gasteiger charge is 2.38. The number of carbonyl (C=O) groups is 2. The van der Waals surface area contributed by atoms with Gasteiger partial charge in [0.1, 0.15) is 0 Å². The van der Waals surface area contributed by atoms with Gasteiger partial charge in [-0.25, -0.2) is 0 Å². The summed E-state index contributed by atoms with van der Waals surface area (Å²) < 4.78 is 0.